The lowest BCUT2D eigenvalue weighted by Crippen LogP contribution is -2.25. The van der Waals surface area contributed by atoms with E-state index in [2.05, 4.69) is 23.3 Å². The Kier molecular flexibility index (Phi) is 4.34. The maximum atomic E-state index is 12.6. The number of fused-ring (bicyclic) bond motifs is 1. The highest BCUT2D eigenvalue weighted by Crippen LogP contribution is 2.31. The highest BCUT2D eigenvalue weighted by molar-refractivity contribution is 7.17. The van der Waals surface area contributed by atoms with Crippen LogP contribution in [0.5, 0.6) is 0 Å². The van der Waals surface area contributed by atoms with Gasteiger partial charge in [-0.05, 0) is 49.2 Å². The number of aryl methyl sites for hydroxylation is 1. The molecule has 0 radical (unpaired) electrons. The normalized spacial score (nSPS) is 12.9. The number of anilines is 2. The molecule has 1 aromatic carbocycles. The highest BCUT2D eigenvalue weighted by atomic mass is 32.1. The first-order valence-electron chi connectivity index (χ1n) is 8.26. The van der Waals surface area contributed by atoms with Gasteiger partial charge in [-0.1, -0.05) is 0 Å². The van der Waals surface area contributed by atoms with Crippen molar-refractivity contribution in [1.29, 1.82) is 0 Å². The second kappa shape index (κ2) is 6.66. The number of amides is 2. The molecule has 0 aliphatic carbocycles. The number of nitrogens with one attached hydrogen (secondary N) is 1. The van der Waals surface area contributed by atoms with Crippen molar-refractivity contribution in [3.05, 3.63) is 51.7 Å². The number of hydrogen-bond donors (Lipinski definition) is 1. The predicted molar refractivity (Wildman–Crippen MR) is 106 cm³/mol. The molecule has 7 heteroatoms. The number of nitrogens with zero attached hydrogens (tertiary/aromatic N) is 2. The predicted octanol–water partition coefficient (Wildman–Crippen LogP) is 4.34. The van der Waals surface area contributed by atoms with Crippen LogP contribution in [0.25, 0.3) is 10.6 Å². The zero-order valence-corrected chi connectivity index (χ0v) is 16.0. The number of aromatic nitrogens is 1. The summed E-state index contributed by atoms with van der Waals surface area (Å²) >= 11 is 3.10. The van der Waals surface area contributed by atoms with Gasteiger partial charge in [-0.3, -0.25) is 14.9 Å². The van der Waals surface area contributed by atoms with E-state index in [-0.39, 0.29) is 11.8 Å². The molecule has 0 saturated carbocycles. The largest absolute Gasteiger partial charge is 0.312 e. The van der Waals surface area contributed by atoms with Crippen LogP contribution < -0.4 is 10.2 Å². The highest BCUT2D eigenvalue weighted by Gasteiger charge is 2.23. The van der Waals surface area contributed by atoms with Crippen molar-refractivity contribution in [3.8, 4) is 10.6 Å². The van der Waals surface area contributed by atoms with E-state index in [9.17, 15) is 9.59 Å². The van der Waals surface area contributed by atoms with Crippen molar-refractivity contribution in [1.82, 2.24) is 4.98 Å². The minimum Gasteiger partial charge on any atom is -0.312 e. The first-order valence-corrected chi connectivity index (χ1v) is 9.95. The van der Waals surface area contributed by atoms with Crippen LogP contribution in [0.15, 0.2) is 35.7 Å². The second-order valence-electron chi connectivity index (χ2n) is 6.17. The van der Waals surface area contributed by atoms with Crippen LogP contribution in [-0.2, 0) is 11.2 Å². The minimum atomic E-state index is -0.183. The molecule has 2 aromatic heterocycles. The summed E-state index contributed by atoms with van der Waals surface area (Å²) in [5.74, 6) is -0.155. The van der Waals surface area contributed by atoms with E-state index in [4.69, 9.17) is 0 Å². The Morgan fingerprint density at radius 1 is 1.23 bits per heavy atom. The molecular formula is C19H17N3O2S2. The molecule has 132 valence electrons. The Balaban J connectivity index is 1.51. The lowest BCUT2D eigenvalue weighted by molar-refractivity contribution is -0.116. The summed E-state index contributed by atoms with van der Waals surface area (Å²) in [5, 5.41) is 5.41. The maximum Gasteiger partial charge on any atom is 0.257 e. The minimum absolute atomic E-state index is 0.0279. The van der Waals surface area contributed by atoms with Crippen molar-refractivity contribution in [3.63, 3.8) is 0 Å². The Bertz CT molecular complexity index is 1010. The quantitative estimate of drug-likeness (QED) is 0.732. The molecule has 0 bridgehead atoms. The molecule has 5 nitrogen and oxygen atoms in total. The molecule has 26 heavy (non-hydrogen) atoms. The van der Waals surface area contributed by atoms with Gasteiger partial charge in [0.15, 0.2) is 5.13 Å². The summed E-state index contributed by atoms with van der Waals surface area (Å²) < 4.78 is 0. The molecule has 4 rings (SSSR count). The zero-order chi connectivity index (χ0) is 18.3. The van der Waals surface area contributed by atoms with Crippen molar-refractivity contribution >= 4 is 45.3 Å². The van der Waals surface area contributed by atoms with E-state index < -0.39 is 0 Å². The average Bonchev–Trinajstić information content (AvgIpc) is 3.32. The summed E-state index contributed by atoms with van der Waals surface area (Å²) in [4.78, 5) is 32.8. The monoisotopic (exact) mass is 383 g/mol. The van der Waals surface area contributed by atoms with Crippen LogP contribution >= 0.6 is 22.7 Å². The number of rotatable bonds is 3. The summed E-state index contributed by atoms with van der Waals surface area (Å²) in [5.41, 5.74) is 3.40. The smallest absolute Gasteiger partial charge is 0.257 e. The van der Waals surface area contributed by atoms with Gasteiger partial charge in [-0.25, -0.2) is 4.98 Å². The Labute approximate surface area is 159 Å². The standard InChI is InChI=1S/C19H17N3O2S2/c1-11-3-6-17(26-11)15-10-25-19(20-15)21-18(24)14-4-5-16-13(9-14)7-8-22(16)12(2)23/h3-6,9-10H,7-8H2,1-2H3,(H,20,21,24). The third-order valence-electron chi connectivity index (χ3n) is 4.33. The van der Waals surface area contributed by atoms with Crippen molar-refractivity contribution in [2.45, 2.75) is 20.3 Å². The van der Waals surface area contributed by atoms with Gasteiger partial charge in [0, 0.05) is 35.0 Å². The van der Waals surface area contributed by atoms with Crippen LogP contribution in [0, 0.1) is 6.92 Å². The fourth-order valence-corrected chi connectivity index (χ4v) is 4.66. The molecule has 0 saturated heterocycles. The maximum absolute atomic E-state index is 12.6. The average molecular weight is 383 g/mol. The Hall–Kier alpha value is -2.51. The van der Waals surface area contributed by atoms with Gasteiger partial charge in [0.05, 0.1) is 10.6 Å². The van der Waals surface area contributed by atoms with Crippen LogP contribution in [0.1, 0.15) is 27.7 Å². The van der Waals surface area contributed by atoms with Gasteiger partial charge in [0.2, 0.25) is 5.91 Å². The molecule has 3 aromatic rings. The van der Waals surface area contributed by atoms with Crippen molar-refractivity contribution in [2.24, 2.45) is 0 Å². The van der Waals surface area contributed by atoms with Gasteiger partial charge in [-0.2, -0.15) is 0 Å². The van der Waals surface area contributed by atoms with Crippen LogP contribution in [0.2, 0.25) is 0 Å². The fourth-order valence-electron chi connectivity index (χ4n) is 3.06. The fraction of sp³-hybridized carbons (Fsp3) is 0.211. The zero-order valence-electron chi connectivity index (χ0n) is 14.4. The molecule has 2 amide bonds. The number of thiazole rings is 1. The van der Waals surface area contributed by atoms with Crippen molar-refractivity contribution < 1.29 is 9.59 Å². The molecule has 3 heterocycles. The van der Waals surface area contributed by atoms with Crippen molar-refractivity contribution in [2.75, 3.05) is 16.8 Å². The van der Waals surface area contributed by atoms with E-state index in [0.29, 0.717) is 17.2 Å². The van der Waals surface area contributed by atoms with Gasteiger partial charge in [0.25, 0.3) is 5.91 Å². The number of thiophene rings is 1. The van der Waals surface area contributed by atoms with Crippen LogP contribution in [0.3, 0.4) is 0 Å². The second-order valence-corrected chi connectivity index (χ2v) is 8.31. The SMILES string of the molecule is CC(=O)N1CCc2cc(C(=O)Nc3nc(-c4ccc(C)s4)cs3)ccc21. The Morgan fingerprint density at radius 3 is 2.81 bits per heavy atom. The van der Waals surface area contributed by atoms with Gasteiger partial charge >= 0.3 is 0 Å². The van der Waals surface area contributed by atoms with E-state index in [1.807, 2.05) is 23.6 Å². The lowest BCUT2D eigenvalue weighted by atomic mass is 10.1. The molecule has 0 unspecified atom stereocenters. The topological polar surface area (TPSA) is 62.3 Å². The molecule has 0 atom stereocenters. The summed E-state index contributed by atoms with van der Waals surface area (Å²) in [6.07, 6.45) is 0.773. The Morgan fingerprint density at radius 2 is 2.08 bits per heavy atom. The summed E-state index contributed by atoms with van der Waals surface area (Å²) in [6, 6.07) is 9.58. The van der Waals surface area contributed by atoms with Gasteiger partial charge in [0.1, 0.15) is 0 Å². The molecule has 0 spiro atoms. The third kappa shape index (κ3) is 3.15. The van der Waals surface area contributed by atoms with E-state index in [1.54, 1.807) is 29.2 Å². The van der Waals surface area contributed by atoms with E-state index in [0.717, 1.165) is 28.2 Å². The molecular weight excluding hydrogens is 366 g/mol. The van der Waals surface area contributed by atoms with E-state index >= 15 is 0 Å². The van der Waals surface area contributed by atoms with Gasteiger partial charge in [-0.15, -0.1) is 22.7 Å². The summed E-state index contributed by atoms with van der Waals surface area (Å²) in [7, 11) is 0. The molecule has 1 aliphatic heterocycles. The number of carbonyl (C=O) groups excluding carboxylic acids is 2. The molecule has 1 aliphatic rings. The lowest BCUT2D eigenvalue weighted by Gasteiger charge is -2.14. The summed E-state index contributed by atoms with van der Waals surface area (Å²) in [6.45, 7) is 4.29. The third-order valence-corrected chi connectivity index (χ3v) is 6.12. The van der Waals surface area contributed by atoms with Gasteiger partial charge < -0.3 is 4.90 Å². The first-order chi connectivity index (χ1) is 12.5. The van der Waals surface area contributed by atoms with Crippen LogP contribution in [-0.4, -0.2) is 23.3 Å². The number of benzene rings is 1. The molecule has 1 N–H and O–H groups in total. The number of hydrogen-bond acceptors (Lipinski definition) is 5. The van der Waals surface area contributed by atoms with E-state index in [1.165, 1.54) is 16.2 Å². The first kappa shape index (κ1) is 16.9. The number of carbonyl (C=O) groups is 2. The molecule has 0 fully saturated rings. The van der Waals surface area contributed by atoms with Crippen LogP contribution in [0.4, 0.5) is 10.8 Å².